The third-order valence-electron chi connectivity index (χ3n) is 13.7. The Morgan fingerprint density at radius 2 is 1.51 bits per heavy atom. The van der Waals surface area contributed by atoms with Gasteiger partial charge in [-0.3, -0.25) is 48.1 Å². The monoisotopic (exact) mass is 1150 g/mol. The zero-order chi connectivity index (χ0) is 59.4. The van der Waals surface area contributed by atoms with Crippen LogP contribution >= 0.6 is 11.3 Å². The molecule has 1 aromatic carbocycles. The Hall–Kier alpha value is -6.56. The maximum atomic E-state index is 14.4. The number of fused-ring (bicyclic) bond motifs is 1. The van der Waals surface area contributed by atoms with Gasteiger partial charge in [-0.1, -0.05) is 53.5 Å². The fourth-order valence-electron chi connectivity index (χ4n) is 8.94. The van der Waals surface area contributed by atoms with Gasteiger partial charge in [0.2, 0.25) is 17.7 Å². The molecule has 0 saturated carbocycles. The second-order valence-electron chi connectivity index (χ2n) is 20.4. The maximum Gasteiger partial charge on any atom is 0.313 e. The number of aliphatic carboxylic acids is 1. The molecule has 25 heteroatoms. The smallest absolute Gasteiger partial charge is 0.313 e. The van der Waals surface area contributed by atoms with Crippen LogP contribution in [0.1, 0.15) is 120 Å². The molecular formula is C56H82N8O16S. The summed E-state index contributed by atoms with van der Waals surface area (Å²) < 4.78 is 33.5. The van der Waals surface area contributed by atoms with Crippen LogP contribution in [-0.2, 0) is 68.5 Å². The van der Waals surface area contributed by atoms with E-state index >= 15 is 0 Å². The maximum absolute atomic E-state index is 14.4. The van der Waals surface area contributed by atoms with Gasteiger partial charge in [0.05, 0.1) is 83.3 Å². The lowest BCUT2D eigenvalue weighted by atomic mass is 9.92. The molecule has 7 atom stereocenters. The fraction of sp³-hybridized carbons (Fsp3) is 0.643. The Bertz CT molecular complexity index is 2500. The number of carbonyl (C=O) groups excluding carboxylic acids is 8. The first kappa shape index (κ1) is 66.9. The molecule has 6 N–H and O–H groups in total. The number of amides is 6. The number of thiazole rings is 1. The molecule has 0 bridgehead atoms. The Balaban J connectivity index is 1.51. The van der Waals surface area contributed by atoms with Gasteiger partial charge in [-0.05, 0) is 68.8 Å². The summed E-state index contributed by atoms with van der Waals surface area (Å²) in [4.78, 5) is 125. The molecule has 81 heavy (non-hydrogen) atoms. The highest BCUT2D eigenvalue weighted by Gasteiger charge is 2.37. The van der Waals surface area contributed by atoms with Gasteiger partial charge in [-0.25, -0.2) is 4.98 Å². The van der Waals surface area contributed by atoms with Crippen LogP contribution in [0.5, 0.6) is 5.75 Å². The van der Waals surface area contributed by atoms with Gasteiger partial charge >= 0.3 is 17.9 Å². The molecule has 1 unspecified atom stereocenters. The minimum Gasteiger partial charge on any atom is -0.481 e. The number of anilines is 1. The summed E-state index contributed by atoms with van der Waals surface area (Å²) in [7, 11) is 3.59. The molecule has 4 rings (SSSR count). The SMILES string of the molecule is CC[C@H](C)[C@H](NC(=O)[C@H]1CCCCN1C)C(=O)N(C)[C@H](C[C@@H](OC(C)=O)c1nc(C(=O)N[C@@H](Cc2ccc3c(c2)NC(=O)CCOCCOCCNC(=O)C#CC(=O)NCCOCCOCCC(=O)O3)CC(C)C(=O)O)cs1)C(C)C. The quantitative estimate of drug-likeness (QED) is 0.0710. The van der Waals surface area contributed by atoms with E-state index in [9.17, 15) is 48.3 Å². The number of likely N-dealkylation sites (N-methyl/N-ethyl adjacent to an activating group) is 2. The van der Waals surface area contributed by atoms with Gasteiger partial charge in [0.1, 0.15) is 16.7 Å². The predicted molar refractivity (Wildman–Crippen MR) is 298 cm³/mol. The molecule has 1 fully saturated rings. The number of benzene rings is 1. The van der Waals surface area contributed by atoms with Crippen LogP contribution in [-0.4, -0.2) is 184 Å². The number of likely N-dealkylation sites (tertiary alicyclic amines) is 1. The second kappa shape index (κ2) is 35.3. The van der Waals surface area contributed by atoms with Gasteiger partial charge in [-0.15, -0.1) is 11.3 Å². The minimum atomic E-state index is -1.10. The van der Waals surface area contributed by atoms with Crippen LogP contribution in [0.15, 0.2) is 23.6 Å². The minimum absolute atomic E-state index is 0.00600. The lowest BCUT2D eigenvalue weighted by molar-refractivity contribution is -0.149. The average Bonchev–Trinajstić information content (AvgIpc) is 3.94. The van der Waals surface area contributed by atoms with Gasteiger partial charge in [-0.2, -0.15) is 0 Å². The van der Waals surface area contributed by atoms with Crippen molar-refractivity contribution in [2.24, 2.45) is 17.8 Å². The fourth-order valence-corrected chi connectivity index (χ4v) is 9.78. The number of hydrogen-bond donors (Lipinski definition) is 6. The van der Waals surface area contributed by atoms with Crippen LogP contribution in [0.25, 0.3) is 0 Å². The topological polar surface area (TPSA) is 309 Å². The Morgan fingerprint density at radius 1 is 0.877 bits per heavy atom. The summed E-state index contributed by atoms with van der Waals surface area (Å²) in [6.07, 6.45) is 2.17. The first-order valence-corrected chi connectivity index (χ1v) is 28.5. The summed E-state index contributed by atoms with van der Waals surface area (Å²) in [5, 5.41) is 25.6. The van der Waals surface area contributed by atoms with Gasteiger partial charge in [0, 0.05) is 62.8 Å². The second-order valence-corrected chi connectivity index (χ2v) is 21.3. The zero-order valence-corrected chi connectivity index (χ0v) is 48.7. The van der Waals surface area contributed by atoms with Crippen molar-refractivity contribution in [2.45, 2.75) is 130 Å². The van der Waals surface area contributed by atoms with E-state index in [0.717, 1.165) is 30.7 Å². The summed E-state index contributed by atoms with van der Waals surface area (Å²) in [5.74, 6) is -2.14. The molecule has 448 valence electrons. The van der Waals surface area contributed by atoms with Crippen LogP contribution in [0.2, 0.25) is 0 Å². The molecule has 0 radical (unpaired) electrons. The van der Waals surface area contributed by atoms with E-state index in [0.29, 0.717) is 23.4 Å². The number of rotatable bonds is 18. The molecule has 0 spiro atoms. The van der Waals surface area contributed by atoms with Gasteiger partial charge < -0.3 is 65.0 Å². The summed E-state index contributed by atoms with van der Waals surface area (Å²) >= 11 is 1.08. The lowest BCUT2D eigenvalue weighted by Gasteiger charge is -2.38. The van der Waals surface area contributed by atoms with Crippen molar-refractivity contribution in [1.29, 1.82) is 0 Å². The van der Waals surface area contributed by atoms with Gasteiger partial charge in [0.15, 0.2) is 11.9 Å². The van der Waals surface area contributed by atoms with Crippen molar-refractivity contribution in [3.8, 4) is 17.6 Å². The molecule has 2 aliphatic rings. The van der Waals surface area contributed by atoms with Crippen LogP contribution < -0.4 is 31.3 Å². The van der Waals surface area contributed by atoms with Crippen LogP contribution in [0, 0.1) is 29.6 Å². The average molecular weight is 1160 g/mol. The van der Waals surface area contributed by atoms with Crippen molar-refractivity contribution < 1.29 is 76.7 Å². The highest BCUT2D eigenvalue weighted by Crippen LogP contribution is 2.32. The molecule has 2 aliphatic heterocycles. The normalized spacial score (nSPS) is 19.5. The van der Waals surface area contributed by atoms with E-state index in [4.69, 9.17) is 28.4 Å². The van der Waals surface area contributed by atoms with Gasteiger partial charge in [0.25, 0.3) is 17.7 Å². The number of carboxylic acid groups (broad SMARTS) is 1. The summed E-state index contributed by atoms with van der Waals surface area (Å²) in [6.45, 7) is 12.4. The first-order chi connectivity index (χ1) is 38.7. The van der Waals surface area contributed by atoms with E-state index < -0.39 is 71.7 Å². The molecule has 6 amide bonds. The highest BCUT2D eigenvalue weighted by molar-refractivity contribution is 7.09. The lowest BCUT2D eigenvalue weighted by Crippen LogP contribution is -2.58. The third-order valence-corrected chi connectivity index (χ3v) is 14.6. The van der Waals surface area contributed by atoms with E-state index in [2.05, 4.69) is 43.4 Å². The van der Waals surface area contributed by atoms with Crippen molar-refractivity contribution in [3.05, 3.63) is 39.8 Å². The van der Waals surface area contributed by atoms with E-state index in [-0.39, 0.29) is 145 Å². The van der Waals surface area contributed by atoms with Crippen molar-refractivity contribution in [2.75, 3.05) is 91.9 Å². The van der Waals surface area contributed by atoms with E-state index in [1.807, 2.05) is 39.6 Å². The largest absolute Gasteiger partial charge is 0.481 e. The van der Waals surface area contributed by atoms with Crippen molar-refractivity contribution in [3.63, 3.8) is 0 Å². The zero-order valence-electron chi connectivity index (χ0n) is 47.9. The Labute approximate surface area is 478 Å². The molecule has 0 aliphatic carbocycles. The first-order valence-electron chi connectivity index (χ1n) is 27.6. The molecule has 2 aromatic rings. The third kappa shape index (κ3) is 23.8. The number of nitrogens with zero attached hydrogens (tertiary/aromatic N) is 3. The van der Waals surface area contributed by atoms with Crippen molar-refractivity contribution in [1.82, 2.24) is 36.1 Å². The number of aromatic nitrogens is 1. The van der Waals surface area contributed by atoms with Crippen LogP contribution in [0.3, 0.4) is 0 Å². The molecule has 1 aromatic heterocycles. The number of carbonyl (C=O) groups is 9. The molecular weight excluding hydrogens is 1070 g/mol. The Morgan fingerprint density at radius 3 is 2.10 bits per heavy atom. The predicted octanol–water partition coefficient (Wildman–Crippen LogP) is 3.03. The Kier molecular flexibility index (Phi) is 29.2. The van der Waals surface area contributed by atoms with Crippen molar-refractivity contribution >= 4 is 70.4 Å². The molecule has 3 heterocycles. The number of ether oxygens (including phenoxy) is 6. The van der Waals surface area contributed by atoms with Crippen LogP contribution in [0.4, 0.5) is 5.69 Å². The number of esters is 2. The standard InChI is InChI=1S/C56H82N8O16S/c1-9-36(4)51(62-53(71)43-12-10-11-21-63(43)7)55(72)64(8)44(35(2)3)33-46(79-38(6)65)54-61-42(34-81-54)52(70)59-40(30-37(5)56(73)74)31-39-13-14-45-41(32-39)60-49(68)17-22-75-26-28-77-24-19-57-47(66)15-16-48(67)58-20-25-78-29-27-76-23-18-50(69)80-45/h13-14,32,34-37,40,43-44,46,51H,9-12,17-31,33H2,1-8H3,(H,57,66)(H,58,67)(H,59,70)(H,60,68)(H,62,71)(H,73,74)/t36-,37?,40+,43+,44+,46+,51-/m0/s1. The summed E-state index contributed by atoms with van der Waals surface area (Å²) in [6, 6.07) is 2.21. The highest BCUT2D eigenvalue weighted by atomic mass is 32.1. The number of hydrogen-bond acceptors (Lipinski definition) is 18. The number of carboxylic acids is 1. The molecule has 24 nitrogen and oxygen atoms in total. The molecule has 1 saturated heterocycles. The van der Waals surface area contributed by atoms with E-state index in [1.165, 1.54) is 25.3 Å². The number of piperidine rings is 1. The van der Waals surface area contributed by atoms with E-state index in [1.54, 1.807) is 24.1 Å². The number of nitrogens with one attached hydrogen (secondary N) is 5. The summed E-state index contributed by atoms with van der Waals surface area (Å²) in [5.41, 5.74) is 0.622.